The molecule has 0 atom stereocenters. The van der Waals surface area contributed by atoms with Crippen molar-refractivity contribution < 1.29 is 14.3 Å². The van der Waals surface area contributed by atoms with Crippen LogP contribution >= 0.6 is 22.9 Å². The van der Waals surface area contributed by atoms with Gasteiger partial charge in [-0.05, 0) is 48.9 Å². The molecule has 0 aliphatic rings. The molecule has 8 heteroatoms. The van der Waals surface area contributed by atoms with Gasteiger partial charge >= 0.3 is 0 Å². The number of imidazole rings is 1. The minimum Gasteiger partial charge on any atom is -0.497 e. The van der Waals surface area contributed by atoms with Crippen LogP contribution in [-0.4, -0.2) is 29.5 Å². The van der Waals surface area contributed by atoms with Gasteiger partial charge in [0.25, 0.3) is 0 Å². The second-order valence-corrected chi connectivity index (χ2v) is 8.03. The normalized spacial score (nSPS) is 10.9. The summed E-state index contributed by atoms with van der Waals surface area (Å²) in [6.07, 6.45) is 2.15. The highest BCUT2D eigenvalue weighted by atomic mass is 35.5. The van der Waals surface area contributed by atoms with E-state index in [0.29, 0.717) is 10.8 Å². The maximum absolute atomic E-state index is 12.6. The maximum Gasteiger partial charge on any atom is 0.230 e. The minimum atomic E-state index is -0.102. The number of fused-ring (bicyclic) bond motifs is 1. The SMILES string of the molecule is COc1ccc(OC)c(-c2cn3c(CC(=O)Nc4ccc(Cl)cc4C)csc3n2)c1. The van der Waals surface area contributed by atoms with Gasteiger partial charge in [0.15, 0.2) is 4.96 Å². The largest absolute Gasteiger partial charge is 0.497 e. The van der Waals surface area contributed by atoms with Gasteiger partial charge in [0.2, 0.25) is 5.91 Å². The minimum absolute atomic E-state index is 0.102. The van der Waals surface area contributed by atoms with E-state index in [0.717, 1.165) is 38.9 Å². The third kappa shape index (κ3) is 3.99. The topological polar surface area (TPSA) is 64.9 Å². The summed E-state index contributed by atoms with van der Waals surface area (Å²) in [5.74, 6) is 1.33. The Hall–Kier alpha value is -3.03. The smallest absolute Gasteiger partial charge is 0.230 e. The molecule has 4 rings (SSSR count). The van der Waals surface area contributed by atoms with Gasteiger partial charge in [-0.15, -0.1) is 11.3 Å². The van der Waals surface area contributed by atoms with Crippen molar-refractivity contribution in [2.45, 2.75) is 13.3 Å². The molecule has 0 spiro atoms. The van der Waals surface area contributed by atoms with Crippen LogP contribution in [0.5, 0.6) is 11.5 Å². The third-order valence-corrected chi connectivity index (χ3v) is 5.89. The molecule has 0 saturated heterocycles. The molecule has 0 aliphatic carbocycles. The van der Waals surface area contributed by atoms with Gasteiger partial charge in [-0.2, -0.15) is 0 Å². The molecule has 0 fully saturated rings. The Morgan fingerprint density at radius 3 is 2.77 bits per heavy atom. The van der Waals surface area contributed by atoms with Gasteiger partial charge in [0, 0.05) is 33.5 Å². The molecular weight excluding hydrogens is 422 g/mol. The molecule has 0 radical (unpaired) electrons. The zero-order chi connectivity index (χ0) is 21.3. The number of nitrogens with one attached hydrogen (secondary N) is 1. The van der Waals surface area contributed by atoms with E-state index < -0.39 is 0 Å². The van der Waals surface area contributed by atoms with E-state index in [9.17, 15) is 4.79 Å². The standard InChI is InChI=1S/C22H20ClN3O3S/c1-13-8-14(23)4-6-18(13)24-21(27)9-15-12-30-22-25-19(11-26(15)22)17-10-16(28-2)5-7-20(17)29-3/h4-8,10-12H,9H2,1-3H3,(H,24,27). The molecule has 30 heavy (non-hydrogen) atoms. The van der Waals surface area contributed by atoms with E-state index in [1.165, 1.54) is 11.3 Å². The van der Waals surface area contributed by atoms with Crippen LogP contribution in [0.25, 0.3) is 16.2 Å². The van der Waals surface area contributed by atoms with Gasteiger partial charge in [-0.1, -0.05) is 11.6 Å². The van der Waals surface area contributed by atoms with Gasteiger partial charge in [0.1, 0.15) is 11.5 Å². The lowest BCUT2D eigenvalue weighted by Crippen LogP contribution is -2.16. The van der Waals surface area contributed by atoms with Crippen molar-refractivity contribution in [2.75, 3.05) is 19.5 Å². The van der Waals surface area contributed by atoms with Crippen molar-refractivity contribution in [3.05, 3.63) is 64.3 Å². The summed E-state index contributed by atoms with van der Waals surface area (Å²) in [5.41, 5.74) is 4.12. The van der Waals surface area contributed by atoms with E-state index in [-0.39, 0.29) is 12.3 Å². The van der Waals surface area contributed by atoms with Crippen LogP contribution in [0.3, 0.4) is 0 Å². The Morgan fingerprint density at radius 2 is 2.03 bits per heavy atom. The van der Waals surface area contributed by atoms with E-state index in [2.05, 4.69) is 5.32 Å². The highest BCUT2D eigenvalue weighted by Gasteiger charge is 2.16. The summed E-state index contributed by atoms with van der Waals surface area (Å²) in [5, 5.41) is 5.54. The molecule has 0 unspecified atom stereocenters. The monoisotopic (exact) mass is 441 g/mol. The van der Waals surface area contributed by atoms with E-state index in [4.69, 9.17) is 26.1 Å². The molecule has 1 amide bonds. The molecular formula is C22H20ClN3O3S. The van der Waals surface area contributed by atoms with E-state index >= 15 is 0 Å². The Kier molecular flexibility index (Phi) is 5.65. The number of carbonyl (C=O) groups is 1. The molecule has 0 aliphatic heterocycles. The highest BCUT2D eigenvalue weighted by Crippen LogP contribution is 2.34. The molecule has 2 heterocycles. The summed E-state index contributed by atoms with van der Waals surface area (Å²) >= 11 is 7.48. The van der Waals surface area contributed by atoms with Crippen LogP contribution in [0.4, 0.5) is 5.69 Å². The fourth-order valence-corrected chi connectivity index (χ4v) is 4.33. The van der Waals surface area contributed by atoms with Crippen molar-refractivity contribution in [2.24, 2.45) is 0 Å². The Bertz CT molecular complexity index is 1230. The average Bonchev–Trinajstić information content (AvgIpc) is 3.31. The lowest BCUT2D eigenvalue weighted by atomic mass is 10.1. The number of methoxy groups -OCH3 is 2. The molecule has 1 N–H and O–H groups in total. The van der Waals surface area contributed by atoms with Crippen molar-refractivity contribution in [1.82, 2.24) is 9.38 Å². The molecule has 2 aromatic heterocycles. The Morgan fingerprint density at radius 1 is 1.20 bits per heavy atom. The summed E-state index contributed by atoms with van der Waals surface area (Å²) in [6.45, 7) is 1.91. The van der Waals surface area contributed by atoms with Gasteiger partial charge < -0.3 is 14.8 Å². The number of thiazole rings is 1. The Labute approximate surface area is 183 Å². The first-order chi connectivity index (χ1) is 14.5. The van der Waals surface area contributed by atoms with Crippen LogP contribution in [0.1, 0.15) is 11.3 Å². The number of hydrogen-bond donors (Lipinski definition) is 1. The number of aryl methyl sites for hydroxylation is 1. The molecule has 2 aromatic carbocycles. The van der Waals surface area contributed by atoms with E-state index in [1.54, 1.807) is 20.3 Å². The quantitative estimate of drug-likeness (QED) is 0.445. The third-order valence-electron chi connectivity index (χ3n) is 4.77. The first-order valence-electron chi connectivity index (χ1n) is 9.22. The second kappa shape index (κ2) is 8.38. The first kappa shape index (κ1) is 20.3. The van der Waals surface area contributed by atoms with Crippen molar-refractivity contribution in [3.8, 4) is 22.8 Å². The zero-order valence-electron chi connectivity index (χ0n) is 16.7. The predicted molar refractivity (Wildman–Crippen MR) is 120 cm³/mol. The number of aromatic nitrogens is 2. The van der Waals surface area contributed by atoms with Crippen molar-refractivity contribution >= 4 is 39.5 Å². The van der Waals surface area contributed by atoms with Crippen LogP contribution in [-0.2, 0) is 11.2 Å². The molecule has 4 aromatic rings. The molecule has 154 valence electrons. The lowest BCUT2D eigenvalue weighted by Gasteiger charge is -2.09. The fourth-order valence-electron chi connectivity index (χ4n) is 3.23. The number of halogens is 1. The number of carbonyl (C=O) groups excluding carboxylic acids is 1. The summed E-state index contributed by atoms with van der Waals surface area (Å²) in [7, 11) is 3.24. The number of nitrogens with zero attached hydrogens (tertiary/aromatic N) is 2. The number of benzene rings is 2. The molecule has 0 bridgehead atoms. The van der Waals surface area contributed by atoms with Crippen LogP contribution in [0.15, 0.2) is 48.0 Å². The fraction of sp³-hybridized carbons (Fsp3) is 0.182. The van der Waals surface area contributed by atoms with E-state index in [1.807, 2.05) is 53.2 Å². The lowest BCUT2D eigenvalue weighted by molar-refractivity contribution is -0.115. The molecule has 0 saturated carbocycles. The summed E-state index contributed by atoms with van der Waals surface area (Å²) in [6, 6.07) is 11.0. The second-order valence-electron chi connectivity index (χ2n) is 6.76. The van der Waals surface area contributed by atoms with Gasteiger partial charge in [0.05, 0.1) is 26.3 Å². The maximum atomic E-state index is 12.6. The Balaban J connectivity index is 1.60. The predicted octanol–water partition coefficient (Wildman–Crippen LogP) is 5.22. The first-order valence-corrected chi connectivity index (χ1v) is 10.5. The van der Waals surface area contributed by atoms with Crippen LogP contribution < -0.4 is 14.8 Å². The summed E-state index contributed by atoms with van der Waals surface area (Å²) < 4.78 is 12.7. The number of anilines is 1. The number of hydrogen-bond acceptors (Lipinski definition) is 5. The van der Waals surface area contributed by atoms with Gasteiger partial charge in [-0.3, -0.25) is 9.20 Å². The van der Waals surface area contributed by atoms with Crippen molar-refractivity contribution in [1.29, 1.82) is 0 Å². The zero-order valence-corrected chi connectivity index (χ0v) is 18.3. The average molecular weight is 442 g/mol. The van der Waals surface area contributed by atoms with Crippen LogP contribution in [0.2, 0.25) is 5.02 Å². The van der Waals surface area contributed by atoms with Gasteiger partial charge in [-0.25, -0.2) is 4.98 Å². The highest BCUT2D eigenvalue weighted by molar-refractivity contribution is 7.15. The number of ether oxygens (including phenoxy) is 2. The van der Waals surface area contributed by atoms with Crippen LogP contribution in [0, 0.1) is 6.92 Å². The summed E-state index contributed by atoms with van der Waals surface area (Å²) in [4.78, 5) is 18.1. The molecule has 6 nitrogen and oxygen atoms in total. The van der Waals surface area contributed by atoms with Crippen molar-refractivity contribution in [3.63, 3.8) is 0 Å². The number of rotatable bonds is 6. The number of amides is 1.